The summed E-state index contributed by atoms with van der Waals surface area (Å²) in [7, 11) is 1.61. The van der Waals surface area contributed by atoms with E-state index in [0.717, 1.165) is 15.9 Å². The second-order valence-electron chi connectivity index (χ2n) is 3.79. The molecule has 1 aromatic heterocycles. The highest BCUT2D eigenvalue weighted by molar-refractivity contribution is 9.10. The van der Waals surface area contributed by atoms with Gasteiger partial charge in [0.25, 0.3) is 0 Å². The van der Waals surface area contributed by atoms with Crippen molar-refractivity contribution in [1.82, 2.24) is 9.55 Å². The summed E-state index contributed by atoms with van der Waals surface area (Å²) in [6, 6.07) is 5.18. The summed E-state index contributed by atoms with van der Waals surface area (Å²) < 4.78 is 8.06. The van der Waals surface area contributed by atoms with E-state index in [4.69, 9.17) is 15.6 Å². The van der Waals surface area contributed by atoms with Gasteiger partial charge in [0.1, 0.15) is 5.75 Å². The Morgan fingerprint density at radius 3 is 3.00 bits per heavy atom. The smallest absolute Gasteiger partial charge is 0.142 e. The van der Waals surface area contributed by atoms with Gasteiger partial charge in [0.2, 0.25) is 0 Å². The topological polar surface area (TPSA) is 73.3 Å². The summed E-state index contributed by atoms with van der Waals surface area (Å²) in [5, 5.41) is 9.15. The van der Waals surface area contributed by atoms with E-state index in [2.05, 4.69) is 20.9 Å². The van der Waals surface area contributed by atoms with Gasteiger partial charge in [-0.05, 0) is 18.2 Å². The van der Waals surface area contributed by atoms with Crippen LogP contribution in [-0.4, -0.2) is 28.4 Å². The number of nitrogens with zero attached hydrogens (tertiary/aromatic N) is 2. The first-order valence-electron chi connectivity index (χ1n) is 5.40. The summed E-state index contributed by atoms with van der Waals surface area (Å²) in [4.78, 5) is 4.07. The van der Waals surface area contributed by atoms with Crippen LogP contribution in [0.15, 0.2) is 35.2 Å². The first-order chi connectivity index (χ1) is 8.67. The number of hydrogen-bond donors (Lipinski definition) is 2. The lowest BCUT2D eigenvalue weighted by Crippen LogP contribution is -2.18. The maximum absolute atomic E-state index is 9.15. The van der Waals surface area contributed by atoms with E-state index in [1.165, 1.54) is 0 Å². The van der Waals surface area contributed by atoms with Crippen molar-refractivity contribution in [2.45, 2.75) is 6.04 Å². The summed E-state index contributed by atoms with van der Waals surface area (Å²) >= 11 is 3.42. The van der Waals surface area contributed by atoms with Crippen LogP contribution in [0.4, 0.5) is 0 Å². The van der Waals surface area contributed by atoms with Crippen molar-refractivity contribution in [1.29, 1.82) is 0 Å². The number of aliphatic hydroxyl groups excluding tert-OH is 1. The molecular weight excluding hydrogens is 298 g/mol. The Hall–Kier alpha value is -1.37. The third-order valence-corrected chi connectivity index (χ3v) is 3.14. The van der Waals surface area contributed by atoms with Crippen LogP contribution >= 0.6 is 15.9 Å². The fourth-order valence-corrected chi connectivity index (χ4v) is 2.07. The van der Waals surface area contributed by atoms with Gasteiger partial charge in [-0.25, -0.2) is 4.98 Å². The van der Waals surface area contributed by atoms with Crippen molar-refractivity contribution < 1.29 is 9.84 Å². The number of rotatable bonds is 4. The number of ether oxygens (including phenoxy) is 1. The predicted octanol–water partition coefficient (Wildman–Crippen LogP) is 1.64. The third-order valence-electron chi connectivity index (χ3n) is 2.64. The van der Waals surface area contributed by atoms with Gasteiger partial charge in [-0.15, -0.1) is 0 Å². The van der Waals surface area contributed by atoms with Gasteiger partial charge in [-0.2, -0.15) is 0 Å². The first kappa shape index (κ1) is 13.1. The lowest BCUT2D eigenvalue weighted by molar-refractivity contribution is 0.264. The van der Waals surface area contributed by atoms with Crippen molar-refractivity contribution in [2.75, 3.05) is 13.7 Å². The molecule has 5 nitrogen and oxygen atoms in total. The SMILES string of the molecule is COc1ccc(Br)cc1-n1cncc1C(N)CO. The van der Waals surface area contributed by atoms with Crippen molar-refractivity contribution in [3.8, 4) is 11.4 Å². The molecule has 1 heterocycles. The maximum Gasteiger partial charge on any atom is 0.142 e. The van der Waals surface area contributed by atoms with Crippen LogP contribution in [0.25, 0.3) is 5.69 Å². The van der Waals surface area contributed by atoms with Crippen LogP contribution in [-0.2, 0) is 0 Å². The Labute approximate surface area is 113 Å². The number of methoxy groups -OCH3 is 1. The number of halogens is 1. The lowest BCUT2D eigenvalue weighted by atomic mass is 10.2. The molecule has 3 N–H and O–H groups in total. The number of nitrogens with two attached hydrogens (primary N) is 1. The van der Waals surface area contributed by atoms with E-state index in [9.17, 15) is 0 Å². The molecule has 0 aliphatic heterocycles. The molecule has 0 saturated heterocycles. The second kappa shape index (κ2) is 5.51. The summed E-state index contributed by atoms with van der Waals surface area (Å²) in [5.74, 6) is 0.711. The van der Waals surface area contributed by atoms with Gasteiger partial charge < -0.3 is 15.6 Å². The van der Waals surface area contributed by atoms with Crippen LogP contribution in [0.5, 0.6) is 5.75 Å². The Balaban J connectivity index is 2.55. The molecule has 0 amide bonds. The lowest BCUT2D eigenvalue weighted by Gasteiger charge is -2.15. The molecule has 0 spiro atoms. The standard InChI is InChI=1S/C12H14BrN3O2/c1-18-12-3-2-8(13)4-10(12)16-7-15-5-11(16)9(14)6-17/h2-5,7,9,17H,6,14H2,1H3. The van der Waals surface area contributed by atoms with Crippen LogP contribution < -0.4 is 10.5 Å². The summed E-state index contributed by atoms with van der Waals surface area (Å²) in [6.45, 7) is -0.137. The highest BCUT2D eigenvalue weighted by Crippen LogP contribution is 2.28. The molecule has 2 rings (SSSR count). The Morgan fingerprint density at radius 1 is 1.56 bits per heavy atom. The molecule has 0 fully saturated rings. The molecule has 0 bridgehead atoms. The number of benzene rings is 1. The van der Waals surface area contributed by atoms with E-state index in [-0.39, 0.29) is 6.61 Å². The molecule has 0 aliphatic carbocycles. The van der Waals surface area contributed by atoms with Crippen molar-refractivity contribution in [3.63, 3.8) is 0 Å². The van der Waals surface area contributed by atoms with Gasteiger partial charge in [-0.3, -0.25) is 4.57 Å². The monoisotopic (exact) mass is 311 g/mol. The third kappa shape index (κ3) is 2.40. The Kier molecular flexibility index (Phi) is 4.00. The minimum atomic E-state index is -0.476. The molecule has 1 aromatic carbocycles. The molecular formula is C12H14BrN3O2. The van der Waals surface area contributed by atoms with Crippen LogP contribution in [0.1, 0.15) is 11.7 Å². The number of imidazole rings is 1. The van der Waals surface area contributed by atoms with Crippen LogP contribution in [0, 0.1) is 0 Å². The molecule has 0 radical (unpaired) electrons. The zero-order valence-corrected chi connectivity index (χ0v) is 11.5. The quantitative estimate of drug-likeness (QED) is 0.900. The van der Waals surface area contributed by atoms with Crippen LogP contribution in [0.3, 0.4) is 0 Å². The number of aliphatic hydroxyl groups is 1. The van der Waals surface area contributed by atoms with E-state index in [1.807, 2.05) is 22.8 Å². The van der Waals surface area contributed by atoms with E-state index < -0.39 is 6.04 Å². The highest BCUT2D eigenvalue weighted by atomic mass is 79.9. The maximum atomic E-state index is 9.15. The average Bonchev–Trinajstić information content (AvgIpc) is 2.86. The zero-order valence-electron chi connectivity index (χ0n) is 9.88. The normalized spacial score (nSPS) is 12.4. The van der Waals surface area contributed by atoms with Gasteiger partial charge in [0.05, 0.1) is 43.7 Å². The van der Waals surface area contributed by atoms with Crippen LogP contribution in [0.2, 0.25) is 0 Å². The number of hydrogen-bond acceptors (Lipinski definition) is 4. The molecule has 1 unspecified atom stereocenters. The minimum Gasteiger partial charge on any atom is -0.495 e. The number of aromatic nitrogens is 2. The van der Waals surface area contributed by atoms with E-state index in [0.29, 0.717) is 5.75 Å². The fraction of sp³-hybridized carbons (Fsp3) is 0.250. The van der Waals surface area contributed by atoms with Gasteiger partial charge >= 0.3 is 0 Å². The van der Waals surface area contributed by atoms with Gasteiger partial charge in [-0.1, -0.05) is 15.9 Å². The minimum absolute atomic E-state index is 0.137. The molecule has 6 heteroatoms. The Morgan fingerprint density at radius 2 is 2.33 bits per heavy atom. The second-order valence-corrected chi connectivity index (χ2v) is 4.71. The van der Waals surface area contributed by atoms with Crippen molar-refractivity contribution in [3.05, 3.63) is 40.9 Å². The molecule has 0 aliphatic rings. The highest BCUT2D eigenvalue weighted by Gasteiger charge is 2.14. The largest absolute Gasteiger partial charge is 0.495 e. The van der Waals surface area contributed by atoms with Gasteiger partial charge in [0, 0.05) is 4.47 Å². The molecule has 2 aromatic rings. The fourth-order valence-electron chi connectivity index (χ4n) is 1.73. The zero-order chi connectivity index (χ0) is 13.1. The van der Waals surface area contributed by atoms with Crippen molar-refractivity contribution in [2.24, 2.45) is 5.73 Å². The first-order valence-corrected chi connectivity index (χ1v) is 6.19. The molecule has 96 valence electrons. The predicted molar refractivity (Wildman–Crippen MR) is 71.8 cm³/mol. The van der Waals surface area contributed by atoms with E-state index in [1.54, 1.807) is 19.6 Å². The van der Waals surface area contributed by atoms with Crippen molar-refractivity contribution >= 4 is 15.9 Å². The average molecular weight is 312 g/mol. The summed E-state index contributed by atoms with van der Waals surface area (Å²) in [5.41, 5.74) is 7.40. The molecule has 18 heavy (non-hydrogen) atoms. The van der Waals surface area contributed by atoms with Gasteiger partial charge in [0.15, 0.2) is 0 Å². The van der Waals surface area contributed by atoms with E-state index >= 15 is 0 Å². The molecule has 1 atom stereocenters. The summed E-state index contributed by atoms with van der Waals surface area (Å²) in [6.07, 6.45) is 3.29. The molecule has 0 saturated carbocycles. The Bertz CT molecular complexity index is 542.